The number of piperidine rings is 1. The largest absolute Gasteiger partial charge is 0.363 e. The number of hydrogen-bond donors (Lipinski definition) is 2. The van der Waals surface area contributed by atoms with Gasteiger partial charge in [0.15, 0.2) is 5.96 Å². The molecule has 8 heteroatoms. The normalized spacial score (nSPS) is 15.2. The highest BCUT2D eigenvalue weighted by molar-refractivity contribution is 14.0. The molecule has 1 aliphatic rings. The number of benzene rings is 1. The molecule has 0 unspecified atom stereocenters. The van der Waals surface area contributed by atoms with Crippen LogP contribution in [0.15, 0.2) is 46.8 Å². The number of nitrogens with zero attached hydrogens (tertiary/aromatic N) is 3. The molecule has 0 aliphatic carbocycles. The Labute approximate surface area is 200 Å². The number of likely N-dealkylation sites (N-methyl/N-ethyl adjacent to an activating group) is 1. The van der Waals surface area contributed by atoms with E-state index in [0.29, 0.717) is 6.04 Å². The van der Waals surface area contributed by atoms with Crippen LogP contribution in [0, 0.1) is 5.82 Å². The highest BCUT2D eigenvalue weighted by Crippen LogP contribution is 2.24. The summed E-state index contributed by atoms with van der Waals surface area (Å²) in [6.07, 6.45) is 2.24. The zero-order valence-corrected chi connectivity index (χ0v) is 21.0. The highest BCUT2D eigenvalue weighted by atomic mass is 127. The third kappa shape index (κ3) is 8.03. The lowest BCUT2D eigenvalue weighted by molar-refractivity contribution is 0.336. The van der Waals surface area contributed by atoms with Crippen LogP contribution in [-0.4, -0.2) is 56.7 Å². The molecular weight excluding hydrogens is 512 g/mol. The molecule has 2 N–H and O–H groups in total. The third-order valence-electron chi connectivity index (χ3n) is 5.12. The Bertz CT molecular complexity index is 745. The molecule has 1 aromatic carbocycles. The maximum atomic E-state index is 13.0. The van der Waals surface area contributed by atoms with Crippen LogP contribution in [0.3, 0.4) is 0 Å². The van der Waals surface area contributed by atoms with E-state index >= 15 is 0 Å². The molecule has 2 heterocycles. The van der Waals surface area contributed by atoms with E-state index in [1.54, 1.807) is 0 Å². The molecule has 166 valence electrons. The van der Waals surface area contributed by atoms with E-state index in [2.05, 4.69) is 51.9 Å². The molecule has 0 spiro atoms. The summed E-state index contributed by atoms with van der Waals surface area (Å²) in [4.78, 5) is 9.43. The van der Waals surface area contributed by atoms with Crippen molar-refractivity contribution in [2.24, 2.45) is 4.99 Å². The monoisotopic (exact) mass is 545 g/mol. The molecular formula is C22H33FIN5S. The Balaban J connectivity index is 0.00000320. The summed E-state index contributed by atoms with van der Waals surface area (Å²) in [6, 6.07) is 11.5. The number of halogens is 2. The molecule has 0 radical (unpaired) electrons. The Hall–Kier alpha value is -1.39. The van der Waals surface area contributed by atoms with Gasteiger partial charge in [-0.15, -0.1) is 35.3 Å². The van der Waals surface area contributed by atoms with Gasteiger partial charge in [0.05, 0.1) is 11.5 Å². The Morgan fingerprint density at radius 2 is 1.97 bits per heavy atom. The maximum Gasteiger partial charge on any atom is 0.191 e. The fourth-order valence-corrected chi connectivity index (χ4v) is 4.31. The molecule has 1 aromatic heterocycles. The topological polar surface area (TPSA) is 42.9 Å². The minimum absolute atomic E-state index is 0. The third-order valence-corrected chi connectivity index (χ3v) is 6.04. The van der Waals surface area contributed by atoms with Gasteiger partial charge in [-0.2, -0.15) is 0 Å². The zero-order valence-electron chi connectivity index (χ0n) is 17.8. The Morgan fingerprint density at radius 3 is 2.60 bits per heavy atom. The summed E-state index contributed by atoms with van der Waals surface area (Å²) in [6.45, 7) is 7.48. The number of nitrogens with one attached hydrogen (secondary N) is 2. The van der Waals surface area contributed by atoms with Crippen LogP contribution < -0.4 is 15.5 Å². The summed E-state index contributed by atoms with van der Waals surface area (Å²) >= 11 is 1.81. The summed E-state index contributed by atoms with van der Waals surface area (Å²) in [7, 11) is 2.07. The van der Waals surface area contributed by atoms with Crippen LogP contribution in [0.2, 0.25) is 0 Å². The van der Waals surface area contributed by atoms with Crippen molar-refractivity contribution >= 4 is 46.3 Å². The van der Waals surface area contributed by atoms with Gasteiger partial charge in [-0.25, -0.2) is 4.39 Å². The van der Waals surface area contributed by atoms with E-state index in [9.17, 15) is 4.39 Å². The lowest BCUT2D eigenvalue weighted by Gasteiger charge is -2.33. The summed E-state index contributed by atoms with van der Waals surface area (Å²) in [5.74, 6) is 0.709. The van der Waals surface area contributed by atoms with Gasteiger partial charge in [0.1, 0.15) is 5.82 Å². The number of anilines is 1. The quantitative estimate of drug-likeness (QED) is 0.297. The fourth-order valence-electron chi connectivity index (χ4n) is 3.52. The summed E-state index contributed by atoms with van der Waals surface area (Å²) in [5.41, 5.74) is 1.11. The van der Waals surface area contributed by atoms with Gasteiger partial charge in [-0.05, 0) is 62.0 Å². The molecule has 0 atom stereocenters. The standard InChI is InChI=1S/C22H32FN5S.HI/c1-3-24-22(25-12-15-27(2)17-18-6-8-19(23)9-7-18)26-20-10-13-28(14-11-20)21-5-4-16-29-21;/h4-9,16,20H,3,10-15,17H2,1-2H3,(H2,24,25,26);1H. The zero-order chi connectivity index (χ0) is 20.5. The average molecular weight is 546 g/mol. The second kappa shape index (κ2) is 13.1. The number of thiophene rings is 1. The van der Waals surface area contributed by atoms with Crippen LogP contribution in [0.1, 0.15) is 25.3 Å². The Morgan fingerprint density at radius 1 is 1.23 bits per heavy atom. The highest BCUT2D eigenvalue weighted by Gasteiger charge is 2.20. The van der Waals surface area contributed by atoms with Gasteiger partial charge in [0, 0.05) is 38.8 Å². The second-order valence-electron chi connectivity index (χ2n) is 7.48. The van der Waals surface area contributed by atoms with Crippen LogP contribution in [0.5, 0.6) is 0 Å². The van der Waals surface area contributed by atoms with E-state index in [1.165, 1.54) is 17.1 Å². The van der Waals surface area contributed by atoms with Crippen molar-refractivity contribution in [3.05, 3.63) is 53.2 Å². The Kier molecular flexibility index (Phi) is 10.9. The van der Waals surface area contributed by atoms with Crippen molar-refractivity contribution in [1.29, 1.82) is 0 Å². The molecule has 2 aromatic rings. The molecule has 3 rings (SSSR count). The summed E-state index contributed by atoms with van der Waals surface area (Å²) < 4.78 is 13.0. The number of guanidine groups is 1. The molecule has 5 nitrogen and oxygen atoms in total. The first kappa shape index (κ1) is 24.9. The van der Waals surface area contributed by atoms with E-state index in [-0.39, 0.29) is 29.8 Å². The van der Waals surface area contributed by atoms with Gasteiger partial charge in [0.2, 0.25) is 0 Å². The van der Waals surface area contributed by atoms with Gasteiger partial charge < -0.3 is 20.4 Å². The SMILES string of the molecule is CCNC(=NCCN(C)Cc1ccc(F)cc1)NC1CCN(c2cccs2)CC1.I. The van der Waals surface area contributed by atoms with Crippen molar-refractivity contribution in [1.82, 2.24) is 15.5 Å². The minimum Gasteiger partial charge on any atom is -0.363 e. The van der Waals surface area contributed by atoms with Crippen LogP contribution >= 0.6 is 35.3 Å². The predicted molar refractivity (Wildman–Crippen MR) is 137 cm³/mol. The molecule has 0 amide bonds. The van der Waals surface area contributed by atoms with E-state index in [1.807, 2.05) is 23.5 Å². The lowest BCUT2D eigenvalue weighted by Crippen LogP contribution is -2.48. The van der Waals surface area contributed by atoms with Gasteiger partial charge >= 0.3 is 0 Å². The van der Waals surface area contributed by atoms with Crippen molar-refractivity contribution < 1.29 is 4.39 Å². The fraction of sp³-hybridized carbons (Fsp3) is 0.500. The minimum atomic E-state index is -0.191. The van der Waals surface area contributed by atoms with Crippen molar-refractivity contribution in [3.8, 4) is 0 Å². The maximum absolute atomic E-state index is 13.0. The first-order valence-corrected chi connectivity index (χ1v) is 11.3. The van der Waals surface area contributed by atoms with Crippen LogP contribution in [0.25, 0.3) is 0 Å². The number of rotatable bonds is 8. The molecule has 1 aliphatic heterocycles. The molecule has 30 heavy (non-hydrogen) atoms. The van der Waals surface area contributed by atoms with E-state index in [4.69, 9.17) is 4.99 Å². The van der Waals surface area contributed by atoms with Gasteiger partial charge in [-0.1, -0.05) is 12.1 Å². The average Bonchev–Trinajstić information content (AvgIpc) is 3.25. The predicted octanol–water partition coefficient (Wildman–Crippen LogP) is 4.16. The van der Waals surface area contributed by atoms with E-state index < -0.39 is 0 Å². The molecule has 1 saturated heterocycles. The molecule has 1 fully saturated rings. The first-order chi connectivity index (χ1) is 14.1. The number of aliphatic imine (C=N–C) groups is 1. The van der Waals surface area contributed by atoms with Crippen LogP contribution in [0.4, 0.5) is 9.39 Å². The number of hydrogen-bond acceptors (Lipinski definition) is 4. The summed E-state index contributed by atoms with van der Waals surface area (Å²) in [5, 5.41) is 10.5. The van der Waals surface area contributed by atoms with Gasteiger partial charge in [-0.3, -0.25) is 4.99 Å². The van der Waals surface area contributed by atoms with Crippen molar-refractivity contribution in [2.45, 2.75) is 32.4 Å². The lowest BCUT2D eigenvalue weighted by atomic mass is 10.1. The second-order valence-corrected chi connectivity index (χ2v) is 8.41. The van der Waals surface area contributed by atoms with Gasteiger partial charge in [0.25, 0.3) is 0 Å². The van der Waals surface area contributed by atoms with Crippen LogP contribution in [-0.2, 0) is 6.54 Å². The van der Waals surface area contributed by atoms with Crippen molar-refractivity contribution in [2.75, 3.05) is 44.7 Å². The smallest absolute Gasteiger partial charge is 0.191 e. The van der Waals surface area contributed by atoms with Crippen molar-refractivity contribution in [3.63, 3.8) is 0 Å². The first-order valence-electron chi connectivity index (χ1n) is 10.4. The molecule has 0 saturated carbocycles. The molecule has 0 bridgehead atoms. The van der Waals surface area contributed by atoms with E-state index in [0.717, 1.165) is 63.6 Å².